The fraction of sp³-hybridized carbons (Fsp3) is 0.308. The van der Waals surface area contributed by atoms with Crippen molar-refractivity contribution in [2.45, 2.75) is 17.7 Å². The van der Waals surface area contributed by atoms with Crippen molar-refractivity contribution in [1.29, 1.82) is 0 Å². The average molecular weight is 294 g/mol. The van der Waals surface area contributed by atoms with Gasteiger partial charge in [-0.2, -0.15) is 0 Å². The summed E-state index contributed by atoms with van der Waals surface area (Å²) in [5.41, 5.74) is 2.95. The molecule has 1 heterocycles. The van der Waals surface area contributed by atoms with E-state index in [0.29, 0.717) is 10.7 Å². The van der Waals surface area contributed by atoms with Crippen LogP contribution in [0.4, 0.5) is 0 Å². The number of thiazole rings is 1. The first-order valence-electron chi connectivity index (χ1n) is 5.45. The van der Waals surface area contributed by atoms with Gasteiger partial charge in [0.05, 0.1) is 5.01 Å². The van der Waals surface area contributed by atoms with Gasteiger partial charge in [0.1, 0.15) is 0 Å². The Morgan fingerprint density at radius 3 is 3.00 bits per heavy atom. The Labute approximate surface area is 108 Å². The first-order chi connectivity index (χ1) is 7.84. The molecule has 1 aliphatic rings. The van der Waals surface area contributed by atoms with E-state index >= 15 is 0 Å². The summed E-state index contributed by atoms with van der Waals surface area (Å²) >= 11 is 5.58. The molecule has 1 aromatic carbocycles. The maximum Gasteiger partial charge on any atom is 0.0928 e. The highest BCUT2D eigenvalue weighted by Crippen LogP contribution is 2.43. The van der Waals surface area contributed by atoms with Crippen LogP contribution in [0.2, 0.25) is 0 Å². The predicted octanol–water partition coefficient (Wildman–Crippen LogP) is 3.99. The zero-order valence-electron chi connectivity index (χ0n) is 8.77. The topological polar surface area (TPSA) is 12.9 Å². The molecule has 0 saturated heterocycles. The molecule has 0 N–H and O–H groups in total. The molecule has 0 aliphatic heterocycles. The zero-order valence-corrected chi connectivity index (χ0v) is 11.2. The second-order valence-electron chi connectivity index (χ2n) is 4.19. The average Bonchev–Trinajstić information content (AvgIpc) is 2.90. The Hall–Kier alpha value is -0.670. The fourth-order valence-electron chi connectivity index (χ4n) is 2.38. The summed E-state index contributed by atoms with van der Waals surface area (Å²) in [5.74, 6) is 0.656. The molecule has 0 spiro atoms. The molecule has 3 heteroatoms. The molecule has 2 aromatic rings. The Morgan fingerprint density at radius 2 is 2.25 bits per heavy atom. The van der Waals surface area contributed by atoms with E-state index in [1.807, 2.05) is 6.20 Å². The minimum absolute atomic E-state index is 0.493. The van der Waals surface area contributed by atoms with Gasteiger partial charge in [0.15, 0.2) is 0 Å². The van der Waals surface area contributed by atoms with Crippen molar-refractivity contribution >= 4 is 27.3 Å². The van der Waals surface area contributed by atoms with E-state index in [9.17, 15) is 0 Å². The van der Waals surface area contributed by atoms with Gasteiger partial charge in [-0.3, -0.25) is 0 Å². The highest BCUT2D eigenvalue weighted by molar-refractivity contribution is 9.09. The summed E-state index contributed by atoms with van der Waals surface area (Å²) in [5, 5.41) is 3.31. The van der Waals surface area contributed by atoms with E-state index in [1.54, 1.807) is 11.3 Å². The molecule has 0 fully saturated rings. The predicted molar refractivity (Wildman–Crippen MR) is 71.1 cm³/mol. The van der Waals surface area contributed by atoms with Crippen molar-refractivity contribution in [3.63, 3.8) is 0 Å². The molecule has 82 valence electrons. The maximum atomic E-state index is 4.37. The number of fused-ring (bicyclic) bond motifs is 1. The van der Waals surface area contributed by atoms with Gasteiger partial charge in [0.2, 0.25) is 0 Å². The lowest BCUT2D eigenvalue weighted by Crippen LogP contribution is -2.06. The maximum absolute atomic E-state index is 4.37. The van der Waals surface area contributed by atoms with Crippen molar-refractivity contribution in [3.8, 4) is 0 Å². The van der Waals surface area contributed by atoms with Crippen molar-refractivity contribution in [2.75, 3.05) is 0 Å². The third-order valence-corrected chi connectivity index (χ3v) is 5.21. The van der Waals surface area contributed by atoms with E-state index in [-0.39, 0.29) is 0 Å². The lowest BCUT2D eigenvalue weighted by molar-refractivity contribution is 0.553. The highest BCUT2D eigenvalue weighted by Gasteiger charge is 2.30. The SMILES string of the molecule is BrC1c2ccccc2CC1Cc1nccs1. The summed E-state index contributed by atoms with van der Waals surface area (Å²) in [7, 11) is 0. The molecule has 2 unspecified atom stereocenters. The molecule has 16 heavy (non-hydrogen) atoms. The van der Waals surface area contributed by atoms with Gasteiger partial charge >= 0.3 is 0 Å². The molecule has 0 bridgehead atoms. The molecular formula is C13H12BrNS. The monoisotopic (exact) mass is 293 g/mol. The van der Waals surface area contributed by atoms with Crippen LogP contribution in [-0.2, 0) is 12.8 Å². The second-order valence-corrected chi connectivity index (χ2v) is 6.16. The van der Waals surface area contributed by atoms with E-state index in [4.69, 9.17) is 0 Å². The van der Waals surface area contributed by atoms with Gasteiger partial charge in [0, 0.05) is 22.8 Å². The van der Waals surface area contributed by atoms with Crippen LogP contribution in [0.3, 0.4) is 0 Å². The summed E-state index contributed by atoms with van der Waals surface area (Å²) in [6.07, 6.45) is 4.15. The van der Waals surface area contributed by atoms with Crippen molar-refractivity contribution in [1.82, 2.24) is 4.98 Å². The van der Waals surface area contributed by atoms with E-state index < -0.39 is 0 Å². The molecule has 0 saturated carbocycles. The normalized spacial score (nSPS) is 23.3. The Kier molecular flexibility index (Phi) is 2.82. The Morgan fingerprint density at radius 1 is 1.38 bits per heavy atom. The standard InChI is InChI=1S/C13H12BrNS/c14-13-10(8-12-15-5-6-16-12)7-9-3-1-2-4-11(9)13/h1-6,10,13H,7-8H2. The van der Waals surface area contributed by atoms with Gasteiger partial charge in [-0.25, -0.2) is 4.98 Å². The number of nitrogens with zero attached hydrogens (tertiary/aromatic N) is 1. The molecule has 1 aromatic heterocycles. The molecular weight excluding hydrogens is 282 g/mol. The Bertz CT molecular complexity index is 478. The van der Waals surface area contributed by atoms with Gasteiger partial charge < -0.3 is 0 Å². The van der Waals surface area contributed by atoms with Gasteiger partial charge in [-0.1, -0.05) is 40.2 Å². The molecule has 0 amide bonds. The highest BCUT2D eigenvalue weighted by atomic mass is 79.9. The first-order valence-corrected chi connectivity index (χ1v) is 7.24. The van der Waals surface area contributed by atoms with Crippen molar-refractivity contribution < 1.29 is 0 Å². The molecule has 0 radical (unpaired) electrons. The van der Waals surface area contributed by atoms with Gasteiger partial charge in [0.25, 0.3) is 0 Å². The number of hydrogen-bond donors (Lipinski definition) is 0. The fourth-order valence-corrected chi connectivity index (χ4v) is 3.91. The molecule has 1 nitrogen and oxygen atoms in total. The van der Waals surface area contributed by atoms with Gasteiger partial charge in [-0.15, -0.1) is 11.3 Å². The number of hydrogen-bond acceptors (Lipinski definition) is 2. The number of benzene rings is 1. The number of aromatic nitrogens is 1. The van der Waals surface area contributed by atoms with Crippen LogP contribution < -0.4 is 0 Å². The van der Waals surface area contributed by atoms with Crippen LogP contribution in [0, 0.1) is 5.92 Å². The summed E-state index contributed by atoms with van der Waals surface area (Å²) in [4.78, 5) is 4.87. The van der Waals surface area contributed by atoms with Crippen LogP contribution in [0.1, 0.15) is 21.0 Å². The van der Waals surface area contributed by atoms with E-state index in [2.05, 4.69) is 50.6 Å². The van der Waals surface area contributed by atoms with E-state index in [1.165, 1.54) is 22.6 Å². The zero-order chi connectivity index (χ0) is 11.0. The second kappa shape index (κ2) is 4.30. The summed E-state index contributed by atoms with van der Waals surface area (Å²) < 4.78 is 0. The quantitative estimate of drug-likeness (QED) is 0.763. The number of rotatable bonds is 2. The third-order valence-electron chi connectivity index (χ3n) is 3.17. The van der Waals surface area contributed by atoms with Crippen LogP contribution in [0.15, 0.2) is 35.8 Å². The van der Waals surface area contributed by atoms with Crippen LogP contribution >= 0.6 is 27.3 Å². The third kappa shape index (κ3) is 1.82. The van der Waals surface area contributed by atoms with E-state index in [0.717, 1.165) is 6.42 Å². The van der Waals surface area contributed by atoms with Gasteiger partial charge in [-0.05, 0) is 23.5 Å². The molecule has 1 aliphatic carbocycles. The van der Waals surface area contributed by atoms with Crippen LogP contribution in [0.25, 0.3) is 0 Å². The van der Waals surface area contributed by atoms with Crippen LogP contribution in [0.5, 0.6) is 0 Å². The largest absolute Gasteiger partial charge is 0.250 e. The minimum atomic E-state index is 0.493. The number of halogens is 1. The summed E-state index contributed by atoms with van der Waals surface area (Å²) in [6, 6.07) is 8.73. The molecule has 3 rings (SSSR count). The lowest BCUT2D eigenvalue weighted by atomic mass is 10.0. The summed E-state index contributed by atoms with van der Waals surface area (Å²) in [6.45, 7) is 0. The smallest absolute Gasteiger partial charge is 0.0928 e. The Balaban J connectivity index is 1.82. The molecule has 2 atom stereocenters. The first kappa shape index (κ1) is 10.5. The minimum Gasteiger partial charge on any atom is -0.250 e. The lowest BCUT2D eigenvalue weighted by Gasteiger charge is -2.12. The van der Waals surface area contributed by atoms with Crippen molar-refractivity contribution in [2.24, 2.45) is 5.92 Å². The van der Waals surface area contributed by atoms with Crippen LogP contribution in [-0.4, -0.2) is 4.98 Å². The number of alkyl halides is 1. The van der Waals surface area contributed by atoms with Crippen molar-refractivity contribution in [3.05, 3.63) is 52.0 Å².